The molecule has 0 aromatic heterocycles. The van der Waals surface area contributed by atoms with Crippen LogP contribution in [0.1, 0.15) is 51.9 Å². The van der Waals surface area contributed by atoms with Gasteiger partial charge in [-0.2, -0.15) is 0 Å². The molecule has 1 saturated heterocycles. The van der Waals surface area contributed by atoms with Crippen molar-refractivity contribution in [1.29, 1.82) is 0 Å². The Bertz CT molecular complexity index is 288. The Kier molecular flexibility index (Phi) is 9.29. The third-order valence-electron chi connectivity index (χ3n) is 3.09. The minimum atomic E-state index is 0.0131. The molecule has 3 nitrogen and oxygen atoms in total. The molecule has 1 fully saturated rings. The number of rotatable bonds is 9. The topological polar surface area (TPSA) is 35.5 Å². The van der Waals surface area contributed by atoms with Crippen molar-refractivity contribution in [2.24, 2.45) is 0 Å². The van der Waals surface area contributed by atoms with Gasteiger partial charge in [0, 0.05) is 19.6 Å². The maximum absolute atomic E-state index is 11.4. The van der Waals surface area contributed by atoms with Crippen LogP contribution >= 0.6 is 0 Å². The second-order valence-corrected chi connectivity index (χ2v) is 4.83. The SMILES string of the molecule is C/C=C/C=C/C(=O)CCCCCOC1CCCCO1. The minimum absolute atomic E-state index is 0.0131. The molecule has 0 radical (unpaired) electrons. The van der Waals surface area contributed by atoms with Gasteiger partial charge in [-0.1, -0.05) is 24.6 Å². The van der Waals surface area contributed by atoms with Gasteiger partial charge in [-0.25, -0.2) is 0 Å². The number of unbranched alkanes of at least 4 members (excludes halogenated alkanes) is 2. The van der Waals surface area contributed by atoms with Gasteiger partial charge in [0.15, 0.2) is 12.1 Å². The second kappa shape index (κ2) is 10.9. The third-order valence-corrected chi connectivity index (χ3v) is 3.09. The lowest BCUT2D eigenvalue weighted by Gasteiger charge is -2.22. The molecule has 0 aromatic carbocycles. The minimum Gasteiger partial charge on any atom is -0.353 e. The normalized spacial score (nSPS) is 20.4. The molecule has 0 saturated carbocycles. The quantitative estimate of drug-likeness (QED) is 0.362. The third kappa shape index (κ3) is 8.73. The summed E-state index contributed by atoms with van der Waals surface area (Å²) in [6, 6.07) is 0. The van der Waals surface area contributed by atoms with Gasteiger partial charge in [0.05, 0.1) is 0 Å². The summed E-state index contributed by atoms with van der Waals surface area (Å²) in [7, 11) is 0. The van der Waals surface area contributed by atoms with Crippen LogP contribution in [0.25, 0.3) is 0 Å². The molecule has 1 heterocycles. The monoisotopic (exact) mass is 266 g/mol. The Morgan fingerprint density at radius 1 is 1.26 bits per heavy atom. The number of hydrogen-bond donors (Lipinski definition) is 0. The molecule has 1 aliphatic rings. The molecule has 1 aliphatic heterocycles. The first-order valence-corrected chi connectivity index (χ1v) is 7.38. The lowest BCUT2D eigenvalue weighted by molar-refractivity contribution is -0.162. The van der Waals surface area contributed by atoms with Gasteiger partial charge in [-0.05, 0) is 45.1 Å². The van der Waals surface area contributed by atoms with Crippen molar-refractivity contribution >= 4 is 5.78 Å². The average Bonchev–Trinajstić information content (AvgIpc) is 2.44. The molecule has 0 bridgehead atoms. The number of ether oxygens (including phenoxy) is 2. The fraction of sp³-hybridized carbons (Fsp3) is 0.688. The summed E-state index contributed by atoms with van der Waals surface area (Å²) in [6.07, 6.45) is 14.2. The zero-order valence-corrected chi connectivity index (χ0v) is 12.0. The van der Waals surface area contributed by atoms with E-state index in [4.69, 9.17) is 9.47 Å². The molecule has 1 unspecified atom stereocenters. The Hall–Kier alpha value is -0.930. The zero-order chi connectivity index (χ0) is 13.8. The van der Waals surface area contributed by atoms with E-state index in [1.165, 1.54) is 6.42 Å². The fourth-order valence-corrected chi connectivity index (χ4v) is 1.99. The predicted molar refractivity (Wildman–Crippen MR) is 77.0 cm³/mol. The molecular formula is C16H26O3. The van der Waals surface area contributed by atoms with Crippen LogP contribution in [0.5, 0.6) is 0 Å². The van der Waals surface area contributed by atoms with Crippen molar-refractivity contribution in [2.45, 2.75) is 58.2 Å². The summed E-state index contributed by atoms with van der Waals surface area (Å²) in [6.45, 7) is 3.51. The van der Waals surface area contributed by atoms with Gasteiger partial charge >= 0.3 is 0 Å². The number of hydrogen-bond acceptors (Lipinski definition) is 3. The largest absolute Gasteiger partial charge is 0.353 e. The summed E-state index contributed by atoms with van der Waals surface area (Å²) in [5.41, 5.74) is 0. The molecule has 1 atom stereocenters. The molecule has 0 amide bonds. The Morgan fingerprint density at radius 3 is 2.89 bits per heavy atom. The summed E-state index contributed by atoms with van der Waals surface area (Å²) >= 11 is 0. The summed E-state index contributed by atoms with van der Waals surface area (Å²) in [4.78, 5) is 11.4. The first-order chi connectivity index (χ1) is 9.33. The van der Waals surface area contributed by atoms with Crippen LogP contribution in [-0.4, -0.2) is 25.3 Å². The van der Waals surface area contributed by atoms with E-state index in [1.807, 2.05) is 19.1 Å². The molecule has 0 spiro atoms. The lowest BCUT2D eigenvalue weighted by Crippen LogP contribution is -2.22. The number of carbonyl (C=O) groups excluding carboxylic acids is 1. The highest BCUT2D eigenvalue weighted by molar-refractivity contribution is 5.89. The molecule has 108 valence electrons. The predicted octanol–water partition coefficient (Wildman–Crippen LogP) is 3.79. The maximum Gasteiger partial charge on any atom is 0.157 e. The van der Waals surface area contributed by atoms with Crippen LogP contribution in [0.3, 0.4) is 0 Å². The van der Waals surface area contributed by atoms with Crippen molar-refractivity contribution in [1.82, 2.24) is 0 Å². The first kappa shape index (κ1) is 16.1. The first-order valence-electron chi connectivity index (χ1n) is 7.38. The van der Waals surface area contributed by atoms with Crippen molar-refractivity contribution in [3.63, 3.8) is 0 Å². The Balaban J connectivity index is 1.91. The van der Waals surface area contributed by atoms with Crippen LogP contribution < -0.4 is 0 Å². The molecule has 19 heavy (non-hydrogen) atoms. The standard InChI is InChI=1S/C16H26O3/c1-2-3-5-10-15(17)11-6-4-8-13-18-16-12-7-9-14-19-16/h2-3,5,10,16H,4,6-9,11-14H2,1H3/b3-2+,10-5+. The smallest absolute Gasteiger partial charge is 0.157 e. The van der Waals surface area contributed by atoms with Gasteiger partial charge in [-0.3, -0.25) is 4.79 Å². The van der Waals surface area contributed by atoms with Crippen molar-refractivity contribution in [3.8, 4) is 0 Å². The van der Waals surface area contributed by atoms with E-state index in [2.05, 4.69) is 0 Å². The lowest BCUT2D eigenvalue weighted by atomic mass is 10.1. The summed E-state index contributed by atoms with van der Waals surface area (Å²) < 4.78 is 11.1. The van der Waals surface area contributed by atoms with E-state index in [-0.39, 0.29) is 12.1 Å². The van der Waals surface area contributed by atoms with Crippen molar-refractivity contribution < 1.29 is 14.3 Å². The van der Waals surface area contributed by atoms with Crippen LogP contribution in [0, 0.1) is 0 Å². The zero-order valence-electron chi connectivity index (χ0n) is 12.0. The molecular weight excluding hydrogens is 240 g/mol. The van der Waals surface area contributed by atoms with Crippen LogP contribution in [0.2, 0.25) is 0 Å². The van der Waals surface area contributed by atoms with Crippen LogP contribution in [0.4, 0.5) is 0 Å². The number of carbonyl (C=O) groups is 1. The highest BCUT2D eigenvalue weighted by Gasteiger charge is 2.13. The average molecular weight is 266 g/mol. The van der Waals surface area contributed by atoms with Gasteiger partial charge in [0.25, 0.3) is 0 Å². The van der Waals surface area contributed by atoms with E-state index in [9.17, 15) is 4.79 Å². The maximum atomic E-state index is 11.4. The molecule has 0 aromatic rings. The highest BCUT2D eigenvalue weighted by Crippen LogP contribution is 2.14. The fourth-order valence-electron chi connectivity index (χ4n) is 1.99. The van der Waals surface area contributed by atoms with E-state index >= 15 is 0 Å². The van der Waals surface area contributed by atoms with E-state index in [1.54, 1.807) is 12.2 Å². The number of allylic oxidation sites excluding steroid dienone is 4. The van der Waals surface area contributed by atoms with Gasteiger partial charge in [0.1, 0.15) is 0 Å². The van der Waals surface area contributed by atoms with E-state index < -0.39 is 0 Å². The van der Waals surface area contributed by atoms with E-state index in [0.29, 0.717) is 6.42 Å². The molecule has 1 rings (SSSR count). The molecule has 3 heteroatoms. The summed E-state index contributed by atoms with van der Waals surface area (Å²) in [5.74, 6) is 0.203. The van der Waals surface area contributed by atoms with Gasteiger partial charge in [0.2, 0.25) is 0 Å². The highest BCUT2D eigenvalue weighted by atomic mass is 16.7. The Labute approximate surface area is 116 Å². The second-order valence-electron chi connectivity index (χ2n) is 4.83. The van der Waals surface area contributed by atoms with Gasteiger partial charge in [-0.15, -0.1) is 0 Å². The van der Waals surface area contributed by atoms with Crippen LogP contribution in [-0.2, 0) is 14.3 Å². The molecule has 0 N–H and O–H groups in total. The molecule has 0 aliphatic carbocycles. The van der Waals surface area contributed by atoms with Gasteiger partial charge < -0.3 is 9.47 Å². The number of ketones is 1. The van der Waals surface area contributed by atoms with Crippen molar-refractivity contribution in [2.75, 3.05) is 13.2 Å². The van der Waals surface area contributed by atoms with Crippen molar-refractivity contribution in [3.05, 3.63) is 24.3 Å². The van der Waals surface area contributed by atoms with Crippen LogP contribution in [0.15, 0.2) is 24.3 Å². The summed E-state index contributed by atoms with van der Waals surface area (Å²) in [5, 5.41) is 0. The Morgan fingerprint density at radius 2 is 2.16 bits per heavy atom. The van der Waals surface area contributed by atoms with E-state index in [0.717, 1.165) is 45.3 Å².